The largest absolute Gasteiger partial charge is 0.345 e. The highest BCUT2D eigenvalue weighted by molar-refractivity contribution is 9.10. The molecule has 4 nitrogen and oxygen atoms in total. The molecule has 1 amide bonds. The summed E-state index contributed by atoms with van der Waals surface area (Å²) in [5.74, 6) is 0.285. The number of nitrogens with zero attached hydrogens (tertiary/aromatic N) is 3. The van der Waals surface area contributed by atoms with Gasteiger partial charge in [0.2, 0.25) is 0 Å². The maximum atomic E-state index is 15.1. The van der Waals surface area contributed by atoms with Crippen LogP contribution in [-0.2, 0) is 0 Å². The highest BCUT2D eigenvalue weighted by atomic mass is 79.9. The van der Waals surface area contributed by atoms with Gasteiger partial charge in [-0.25, -0.2) is 4.39 Å². The maximum absolute atomic E-state index is 15.1. The molecule has 0 saturated heterocycles. The topological polar surface area (TPSA) is 36.4 Å². The fourth-order valence-corrected chi connectivity index (χ4v) is 5.41. The molecule has 1 aliphatic heterocycles. The molecule has 0 N–H and O–H groups in total. The summed E-state index contributed by atoms with van der Waals surface area (Å²) in [6, 6.07) is 5.40. The highest BCUT2D eigenvalue weighted by Gasteiger charge is 2.31. The number of amides is 1. The zero-order chi connectivity index (χ0) is 23.3. The first kappa shape index (κ1) is 22.5. The van der Waals surface area contributed by atoms with Gasteiger partial charge in [-0.2, -0.15) is 0 Å². The molecule has 33 heavy (non-hydrogen) atoms. The second-order valence-corrected chi connectivity index (χ2v) is 10.5. The standard InChI is InChI=1S/C27H29BrFN3O/c1-16-19(12-23-24(28)6-9-30-26(16)23)15-32-10-7-18(8-11-32)21-13-20(17-4-5-17)22(14-25(21)29)27(33)31(2)3/h6-7,9,12-14,16-17H,4-5,8,10-11,15H2,1-3H3/t16-/m1/s1. The zero-order valence-electron chi connectivity index (χ0n) is 19.4. The lowest BCUT2D eigenvalue weighted by Gasteiger charge is -2.28. The van der Waals surface area contributed by atoms with Crippen LogP contribution >= 0.6 is 15.9 Å². The number of rotatable bonds is 5. The average Bonchev–Trinajstić information content (AvgIpc) is 3.59. The number of hydrogen-bond donors (Lipinski definition) is 0. The van der Waals surface area contributed by atoms with Gasteiger partial charge in [0, 0.05) is 67.0 Å². The van der Waals surface area contributed by atoms with Crippen LogP contribution in [0.3, 0.4) is 0 Å². The number of halogens is 2. The van der Waals surface area contributed by atoms with Gasteiger partial charge in [-0.1, -0.05) is 35.0 Å². The summed E-state index contributed by atoms with van der Waals surface area (Å²) in [5, 5.41) is 0. The van der Waals surface area contributed by atoms with E-state index in [9.17, 15) is 4.79 Å². The molecule has 2 aliphatic carbocycles. The summed E-state index contributed by atoms with van der Waals surface area (Å²) in [7, 11) is 3.44. The minimum Gasteiger partial charge on any atom is -0.345 e. The molecule has 172 valence electrons. The predicted molar refractivity (Wildman–Crippen MR) is 134 cm³/mol. The fraction of sp³-hybridized carbons (Fsp3) is 0.407. The number of pyridine rings is 1. The molecule has 5 rings (SSSR count). The molecular formula is C27H29BrFN3O. The van der Waals surface area contributed by atoms with E-state index in [0.717, 1.165) is 60.2 Å². The van der Waals surface area contributed by atoms with E-state index in [-0.39, 0.29) is 11.7 Å². The number of fused-ring (bicyclic) bond motifs is 1. The molecule has 0 unspecified atom stereocenters. The van der Waals surface area contributed by atoms with Gasteiger partial charge in [-0.3, -0.25) is 14.7 Å². The minimum atomic E-state index is -0.289. The third kappa shape index (κ3) is 4.31. The lowest BCUT2D eigenvalue weighted by atomic mass is 9.92. The average molecular weight is 510 g/mol. The molecule has 0 spiro atoms. The summed E-state index contributed by atoms with van der Waals surface area (Å²) in [4.78, 5) is 21.1. The molecule has 1 fully saturated rings. The van der Waals surface area contributed by atoms with Crippen molar-refractivity contribution < 1.29 is 9.18 Å². The number of aromatic nitrogens is 1. The number of carbonyl (C=O) groups is 1. The van der Waals surface area contributed by atoms with Gasteiger partial charge < -0.3 is 4.90 Å². The van der Waals surface area contributed by atoms with Gasteiger partial charge >= 0.3 is 0 Å². The van der Waals surface area contributed by atoms with Crippen molar-refractivity contribution in [3.63, 3.8) is 0 Å². The first-order valence-electron chi connectivity index (χ1n) is 11.6. The lowest BCUT2D eigenvalue weighted by molar-refractivity contribution is 0.0826. The van der Waals surface area contributed by atoms with Crippen molar-refractivity contribution in [3.05, 3.63) is 74.3 Å². The van der Waals surface area contributed by atoms with Crippen LogP contribution in [0.15, 0.2) is 40.5 Å². The summed E-state index contributed by atoms with van der Waals surface area (Å²) < 4.78 is 16.2. The van der Waals surface area contributed by atoms with Gasteiger partial charge in [0.05, 0.1) is 5.69 Å². The summed E-state index contributed by atoms with van der Waals surface area (Å²) in [6.45, 7) is 4.78. The van der Waals surface area contributed by atoms with Crippen LogP contribution in [0.25, 0.3) is 11.6 Å². The van der Waals surface area contributed by atoms with E-state index >= 15 is 4.39 Å². The molecule has 1 atom stereocenters. The number of benzene rings is 1. The maximum Gasteiger partial charge on any atom is 0.253 e. The summed E-state index contributed by atoms with van der Waals surface area (Å²) in [6.07, 6.45) is 9.23. The van der Waals surface area contributed by atoms with Crippen molar-refractivity contribution in [2.45, 2.75) is 38.0 Å². The molecule has 0 bridgehead atoms. The van der Waals surface area contributed by atoms with E-state index in [2.05, 4.69) is 44.9 Å². The van der Waals surface area contributed by atoms with Crippen LogP contribution in [-0.4, -0.2) is 54.4 Å². The Morgan fingerprint density at radius 3 is 2.73 bits per heavy atom. The second kappa shape index (κ2) is 8.80. The Morgan fingerprint density at radius 1 is 1.30 bits per heavy atom. The van der Waals surface area contributed by atoms with E-state index in [4.69, 9.17) is 0 Å². The Labute approximate surface area is 203 Å². The van der Waals surface area contributed by atoms with Crippen LogP contribution < -0.4 is 0 Å². The quantitative estimate of drug-likeness (QED) is 0.506. The molecule has 1 aromatic heterocycles. The first-order valence-corrected chi connectivity index (χ1v) is 12.4. The van der Waals surface area contributed by atoms with Crippen LogP contribution in [0, 0.1) is 5.82 Å². The molecule has 2 heterocycles. The third-order valence-corrected chi connectivity index (χ3v) is 7.79. The van der Waals surface area contributed by atoms with Gasteiger partial charge in [-0.05, 0) is 60.1 Å². The zero-order valence-corrected chi connectivity index (χ0v) is 21.0. The fourth-order valence-electron chi connectivity index (χ4n) is 4.97. The van der Waals surface area contributed by atoms with E-state index in [1.807, 2.05) is 18.3 Å². The van der Waals surface area contributed by atoms with Crippen molar-refractivity contribution in [2.24, 2.45) is 0 Å². The molecule has 6 heteroatoms. The van der Waals surface area contributed by atoms with E-state index in [0.29, 0.717) is 23.0 Å². The molecule has 1 aromatic carbocycles. The summed E-state index contributed by atoms with van der Waals surface area (Å²) in [5.41, 5.74) is 6.94. The first-order chi connectivity index (χ1) is 15.8. The minimum absolute atomic E-state index is 0.118. The van der Waals surface area contributed by atoms with Crippen LogP contribution in [0.2, 0.25) is 0 Å². The Bertz CT molecular complexity index is 1180. The van der Waals surface area contributed by atoms with Crippen molar-refractivity contribution in [2.75, 3.05) is 33.7 Å². The molecule has 3 aliphatic rings. The number of carbonyl (C=O) groups excluding carboxylic acids is 1. The van der Waals surface area contributed by atoms with Crippen LogP contribution in [0.5, 0.6) is 0 Å². The lowest BCUT2D eigenvalue weighted by Crippen LogP contribution is -2.31. The van der Waals surface area contributed by atoms with Crippen LogP contribution in [0.4, 0.5) is 4.39 Å². The van der Waals surface area contributed by atoms with E-state index in [1.165, 1.54) is 22.1 Å². The van der Waals surface area contributed by atoms with Crippen molar-refractivity contribution in [3.8, 4) is 0 Å². The smallest absolute Gasteiger partial charge is 0.253 e. The highest BCUT2D eigenvalue weighted by Crippen LogP contribution is 2.44. The van der Waals surface area contributed by atoms with Crippen molar-refractivity contribution >= 4 is 33.5 Å². The third-order valence-electron chi connectivity index (χ3n) is 7.10. The molecular weight excluding hydrogens is 481 g/mol. The van der Waals surface area contributed by atoms with Gasteiger partial charge in [-0.15, -0.1) is 0 Å². The van der Waals surface area contributed by atoms with E-state index < -0.39 is 0 Å². The van der Waals surface area contributed by atoms with Gasteiger partial charge in [0.25, 0.3) is 5.91 Å². The number of hydrogen-bond acceptors (Lipinski definition) is 3. The second-order valence-electron chi connectivity index (χ2n) is 9.64. The monoisotopic (exact) mass is 509 g/mol. The van der Waals surface area contributed by atoms with Gasteiger partial charge in [0.1, 0.15) is 5.82 Å². The summed E-state index contributed by atoms with van der Waals surface area (Å²) >= 11 is 3.64. The predicted octanol–water partition coefficient (Wildman–Crippen LogP) is 5.85. The molecule has 0 radical (unpaired) electrons. The Balaban J connectivity index is 1.34. The molecule has 2 aromatic rings. The van der Waals surface area contributed by atoms with Crippen molar-refractivity contribution in [1.82, 2.24) is 14.8 Å². The van der Waals surface area contributed by atoms with Crippen LogP contribution in [0.1, 0.15) is 70.8 Å². The van der Waals surface area contributed by atoms with Gasteiger partial charge in [0.15, 0.2) is 0 Å². The Morgan fingerprint density at radius 2 is 2.09 bits per heavy atom. The normalized spacial score (nSPS) is 20.3. The SMILES string of the molecule is C[C@@H]1C(CN2CC=C(c3cc(C4CC4)c(C(=O)N(C)C)cc3F)CC2)=Cc2c(Br)ccnc21. The molecule has 1 saturated carbocycles. The van der Waals surface area contributed by atoms with Crippen molar-refractivity contribution in [1.29, 1.82) is 0 Å². The Kier molecular flexibility index (Phi) is 6.00. The Hall–Kier alpha value is -2.31. The van der Waals surface area contributed by atoms with E-state index in [1.54, 1.807) is 14.1 Å².